The third kappa shape index (κ3) is 3.15. The molecule has 1 aliphatic carbocycles. The third-order valence-corrected chi connectivity index (χ3v) is 3.90. The first kappa shape index (κ1) is 14.1. The van der Waals surface area contributed by atoms with Gasteiger partial charge < -0.3 is 15.7 Å². The fourth-order valence-corrected chi connectivity index (χ4v) is 2.62. The minimum absolute atomic E-state index is 0.163. The Labute approximate surface area is 114 Å². The van der Waals surface area contributed by atoms with Crippen LogP contribution in [0.25, 0.3) is 0 Å². The second-order valence-electron chi connectivity index (χ2n) is 5.20. The normalized spacial score (nSPS) is 22.5. The van der Waals surface area contributed by atoms with Crippen molar-refractivity contribution in [2.45, 2.75) is 45.6 Å². The van der Waals surface area contributed by atoms with Gasteiger partial charge in [0.05, 0.1) is 6.10 Å². The van der Waals surface area contributed by atoms with Gasteiger partial charge >= 0.3 is 0 Å². The van der Waals surface area contributed by atoms with Gasteiger partial charge in [0.15, 0.2) is 0 Å². The second-order valence-corrected chi connectivity index (χ2v) is 5.20. The van der Waals surface area contributed by atoms with Gasteiger partial charge in [-0.25, -0.2) is 9.97 Å². The van der Waals surface area contributed by atoms with Crippen LogP contribution in [0.3, 0.4) is 0 Å². The van der Waals surface area contributed by atoms with Crippen molar-refractivity contribution >= 4 is 11.6 Å². The van der Waals surface area contributed by atoms with E-state index >= 15 is 0 Å². The molecule has 2 unspecified atom stereocenters. The lowest BCUT2D eigenvalue weighted by atomic mass is 10.1. The molecule has 0 amide bonds. The van der Waals surface area contributed by atoms with Crippen LogP contribution in [0.5, 0.6) is 0 Å². The molecule has 0 aliphatic heterocycles. The van der Waals surface area contributed by atoms with E-state index in [0.29, 0.717) is 5.92 Å². The van der Waals surface area contributed by atoms with Crippen molar-refractivity contribution < 1.29 is 5.11 Å². The van der Waals surface area contributed by atoms with E-state index in [1.807, 2.05) is 14.0 Å². The topological polar surface area (TPSA) is 70.1 Å². The molecule has 5 heteroatoms. The summed E-state index contributed by atoms with van der Waals surface area (Å²) in [5.74, 6) is 2.94. The van der Waals surface area contributed by atoms with Crippen molar-refractivity contribution in [1.29, 1.82) is 0 Å². The zero-order valence-electron chi connectivity index (χ0n) is 12.0. The SMILES string of the molecule is CCc1nc(NC)c(C)c(NCC2CCCC2O)n1. The van der Waals surface area contributed by atoms with E-state index in [-0.39, 0.29) is 6.10 Å². The van der Waals surface area contributed by atoms with Crippen LogP contribution in [0.1, 0.15) is 37.6 Å². The van der Waals surface area contributed by atoms with E-state index in [4.69, 9.17) is 0 Å². The highest BCUT2D eigenvalue weighted by atomic mass is 16.3. The number of nitrogens with one attached hydrogen (secondary N) is 2. The Hall–Kier alpha value is -1.36. The predicted octanol–water partition coefficient (Wildman–Crippen LogP) is 1.96. The minimum Gasteiger partial charge on any atom is -0.393 e. The van der Waals surface area contributed by atoms with Gasteiger partial charge in [-0.2, -0.15) is 0 Å². The molecule has 0 bridgehead atoms. The fourth-order valence-electron chi connectivity index (χ4n) is 2.62. The number of anilines is 2. The summed E-state index contributed by atoms with van der Waals surface area (Å²) in [6.45, 7) is 4.85. The van der Waals surface area contributed by atoms with Crippen molar-refractivity contribution in [2.75, 3.05) is 24.2 Å². The summed E-state index contributed by atoms with van der Waals surface area (Å²) in [7, 11) is 1.87. The summed E-state index contributed by atoms with van der Waals surface area (Å²) >= 11 is 0. The number of hydrogen-bond donors (Lipinski definition) is 3. The third-order valence-electron chi connectivity index (χ3n) is 3.90. The minimum atomic E-state index is -0.163. The Morgan fingerprint density at radius 1 is 1.26 bits per heavy atom. The van der Waals surface area contributed by atoms with E-state index in [1.54, 1.807) is 0 Å². The molecule has 5 nitrogen and oxygen atoms in total. The van der Waals surface area contributed by atoms with Gasteiger partial charge in [-0.15, -0.1) is 0 Å². The first-order valence-electron chi connectivity index (χ1n) is 7.12. The van der Waals surface area contributed by atoms with E-state index in [1.165, 1.54) is 0 Å². The van der Waals surface area contributed by atoms with Gasteiger partial charge in [-0.05, 0) is 19.8 Å². The predicted molar refractivity (Wildman–Crippen MR) is 77.5 cm³/mol. The maximum absolute atomic E-state index is 9.85. The van der Waals surface area contributed by atoms with Crippen LogP contribution in [0.15, 0.2) is 0 Å². The summed E-state index contributed by atoms with van der Waals surface area (Å²) in [6.07, 6.45) is 3.80. The molecule has 2 rings (SSSR count). The quantitative estimate of drug-likeness (QED) is 0.758. The second kappa shape index (κ2) is 6.19. The van der Waals surface area contributed by atoms with Crippen molar-refractivity contribution in [3.63, 3.8) is 0 Å². The number of aliphatic hydroxyl groups excluding tert-OH is 1. The number of hydrogen-bond acceptors (Lipinski definition) is 5. The molecule has 1 heterocycles. The number of rotatable bonds is 5. The Kier molecular flexibility index (Phi) is 4.58. The zero-order chi connectivity index (χ0) is 13.8. The van der Waals surface area contributed by atoms with Crippen LogP contribution in [0, 0.1) is 12.8 Å². The first-order valence-corrected chi connectivity index (χ1v) is 7.12. The Balaban J connectivity index is 2.10. The monoisotopic (exact) mass is 264 g/mol. The lowest BCUT2D eigenvalue weighted by molar-refractivity contribution is 0.138. The molecule has 3 N–H and O–H groups in total. The average Bonchev–Trinajstić information content (AvgIpc) is 2.83. The van der Waals surface area contributed by atoms with E-state index in [0.717, 1.165) is 55.3 Å². The lowest BCUT2D eigenvalue weighted by Crippen LogP contribution is -2.23. The molecule has 106 valence electrons. The molecule has 1 aromatic rings. The van der Waals surface area contributed by atoms with Crippen LogP contribution < -0.4 is 10.6 Å². The zero-order valence-corrected chi connectivity index (χ0v) is 12.0. The molecular formula is C14H24N4O. The summed E-state index contributed by atoms with van der Waals surface area (Å²) in [5, 5.41) is 16.3. The molecule has 1 aliphatic rings. The van der Waals surface area contributed by atoms with Crippen LogP contribution in [0.2, 0.25) is 0 Å². The molecule has 1 saturated carbocycles. The Morgan fingerprint density at radius 2 is 2.00 bits per heavy atom. The molecule has 1 fully saturated rings. The molecule has 0 spiro atoms. The van der Waals surface area contributed by atoms with Crippen LogP contribution in [-0.4, -0.2) is 34.8 Å². The molecule has 0 aromatic carbocycles. The van der Waals surface area contributed by atoms with Gasteiger partial charge in [-0.1, -0.05) is 13.3 Å². The number of aromatic nitrogens is 2. The van der Waals surface area contributed by atoms with Gasteiger partial charge in [0.1, 0.15) is 17.5 Å². The van der Waals surface area contributed by atoms with Crippen molar-refractivity contribution in [3.8, 4) is 0 Å². The molecule has 0 radical (unpaired) electrons. The summed E-state index contributed by atoms with van der Waals surface area (Å²) in [4.78, 5) is 8.99. The summed E-state index contributed by atoms with van der Waals surface area (Å²) < 4.78 is 0. The number of aryl methyl sites for hydroxylation is 1. The maximum Gasteiger partial charge on any atom is 0.134 e. The van der Waals surface area contributed by atoms with E-state index in [2.05, 4.69) is 27.5 Å². The maximum atomic E-state index is 9.85. The Bertz CT molecular complexity index is 436. The Morgan fingerprint density at radius 3 is 2.58 bits per heavy atom. The highest BCUT2D eigenvalue weighted by Crippen LogP contribution is 2.27. The highest BCUT2D eigenvalue weighted by molar-refractivity contribution is 5.57. The van der Waals surface area contributed by atoms with Gasteiger partial charge in [0.2, 0.25) is 0 Å². The molecule has 0 saturated heterocycles. The standard InChI is InChI=1S/C14H24N4O/c1-4-12-17-13(15-3)9(2)14(18-12)16-8-10-6-5-7-11(10)19/h10-11,19H,4-8H2,1-3H3,(H2,15,16,17,18). The summed E-state index contributed by atoms with van der Waals surface area (Å²) in [5.41, 5.74) is 1.03. The summed E-state index contributed by atoms with van der Waals surface area (Å²) in [6, 6.07) is 0. The number of nitrogens with zero attached hydrogens (tertiary/aromatic N) is 2. The smallest absolute Gasteiger partial charge is 0.134 e. The van der Waals surface area contributed by atoms with E-state index < -0.39 is 0 Å². The van der Waals surface area contributed by atoms with E-state index in [9.17, 15) is 5.11 Å². The van der Waals surface area contributed by atoms with Gasteiger partial charge in [0, 0.05) is 31.5 Å². The van der Waals surface area contributed by atoms with Crippen molar-refractivity contribution in [1.82, 2.24) is 9.97 Å². The molecule has 1 aromatic heterocycles. The highest BCUT2D eigenvalue weighted by Gasteiger charge is 2.25. The van der Waals surface area contributed by atoms with Crippen LogP contribution >= 0.6 is 0 Å². The molecule has 19 heavy (non-hydrogen) atoms. The van der Waals surface area contributed by atoms with Crippen molar-refractivity contribution in [3.05, 3.63) is 11.4 Å². The van der Waals surface area contributed by atoms with Crippen molar-refractivity contribution in [2.24, 2.45) is 5.92 Å². The first-order chi connectivity index (χ1) is 9.15. The molecular weight excluding hydrogens is 240 g/mol. The van der Waals surface area contributed by atoms with Gasteiger partial charge in [-0.3, -0.25) is 0 Å². The lowest BCUT2D eigenvalue weighted by Gasteiger charge is -2.18. The van der Waals surface area contributed by atoms with Crippen LogP contribution in [-0.2, 0) is 6.42 Å². The fraction of sp³-hybridized carbons (Fsp3) is 0.714. The molecule has 2 atom stereocenters. The largest absolute Gasteiger partial charge is 0.393 e. The van der Waals surface area contributed by atoms with Crippen LogP contribution in [0.4, 0.5) is 11.6 Å². The average molecular weight is 264 g/mol. The van der Waals surface area contributed by atoms with Gasteiger partial charge in [0.25, 0.3) is 0 Å². The number of aliphatic hydroxyl groups is 1.